The van der Waals surface area contributed by atoms with Crippen LogP contribution in [0.1, 0.15) is 24.5 Å². The van der Waals surface area contributed by atoms with Crippen LogP contribution in [-0.2, 0) is 9.47 Å². The van der Waals surface area contributed by atoms with E-state index >= 15 is 0 Å². The van der Waals surface area contributed by atoms with Crippen LogP contribution in [0.3, 0.4) is 0 Å². The maximum absolute atomic E-state index is 12.4. The van der Waals surface area contributed by atoms with Gasteiger partial charge in [0.05, 0.1) is 19.8 Å². The Bertz CT molecular complexity index is 690. The van der Waals surface area contributed by atoms with E-state index in [9.17, 15) is 4.79 Å². The Morgan fingerprint density at radius 2 is 1.83 bits per heavy atom. The molecule has 8 heteroatoms. The largest absolute Gasteiger partial charge is 0.439 e. The van der Waals surface area contributed by atoms with E-state index in [-0.39, 0.29) is 18.2 Å². The molecule has 0 aromatic heterocycles. The van der Waals surface area contributed by atoms with Crippen molar-refractivity contribution in [2.45, 2.75) is 25.0 Å². The van der Waals surface area contributed by atoms with Crippen LogP contribution in [0.4, 0.5) is 4.79 Å². The number of rotatable bonds is 5. The molecule has 3 saturated heterocycles. The highest BCUT2D eigenvalue weighted by Gasteiger charge is 2.38. The minimum absolute atomic E-state index is 0.162. The Morgan fingerprint density at radius 3 is 2.55 bits per heavy atom. The van der Waals surface area contributed by atoms with E-state index in [4.69, 9.17) is 21.7 Å². The summed E-state index contributed by atoms with van der Waals surface area (Å²) in [5.41, 5.74) is 1.06. The van der Waals surface area contributed by atoms with Gasteiger partial charge in [-0.15, -0.1) is 0 Å². The molecule has 1 aromatic rings. The number of carbonyl (C=O) groups excluding carboxylic acids is 1. The number of carbonyl (C=O) groups is 1. The van der Waals surface area contributed by atoms with Crippen LogP contribution >= 0.6 is 12.2 Å². The lowest BCUT2D eigenvalue weighted by molar-refractivity contribution is 0.0388. The first kappa shape index (κ1) is 20.4. The van der Waals surface area contributed by atoms with Gasteiger partial charge in [-0.2, -0.15) is 0 Å². The number of hydrogen-bond donors (Lipinski definition) is 1. The van der Waals surface area contributed by atoms with Gasteiger partial charge in [0.2, 0.25) is 0 Å². The predicted molar refractivity (Wildman–Crippen MR) is 115 cm³/mol. The summed E-state index contributed by atoms with van der Waals surface area (Å²) in [6.45, 7) is 7.85. The molecule has 0 bridgehead atoms. The fraction of sp³-hybridized carbons (Fsp3) is 0.619. The Hall–Kier alpha value is -1.90. The molecule has 1 amide bonds. The number of cyclic esters (lactones) is 1. The van der Waals surface area contributed by atoms with Crippen molar-refractivity contribution in [3.05, 3.63) is 35.9 Å². The molecule has 3 aliphatic heterocycles. The molecule has 1 N–H and O–H groups in total. The summed E-state index contributed by atoms with van der Waals surface area (Å²) in [6, 6.07) is 10.2. The minimum atomic E-state index is -0.191. The highest BCUT2D eigenvalue weighted by molar-refractivity contribution is 7.80. The third-order valence-electron chi connectivity index (χ3n) is 6.01. The van der Waals surface area contributed by atoms with Crippen molar-refractivity contribution in [3.63, 3.8) is 0 Å². The zero-order valence-electron chi connectivity index (χ0n) is 16.8. The van der Waals surface area contributed by atoms with Crippen LogP contribution in [-0.4, -0.2) is 91.0 Å². The van der Waals surface area contributed by atoms with Gasteiger partial charge in [0.15, 0.2) is 5.11 Å². The number of ether oxygens (including phenoxy) is 2. The van der Waals surface area contributed by atoms with Crippen LogP contribution in [0.2, 0.25) is 0 Å². The molecule has 0 spiro atoms. The Morgan fingerprint density at radius 1 is 1.10 bits per heavy atom. The maximum Gasteiger partial charge on any atom is 0.410 e. The van der Waals surface area contributed by atoms with Crippen molar-refractivity contribution in [1.29, 1.82) is 0 Å². The molecule has 1 unspecified atom stereocenters. The molecule has 4 rings (SSSR count). The molecule has 0 radical (unpaired) electrons. The Kier molecular flexibility index (Phi) is 6.84. The molecular formula is C21H30N4O3S. The van der Waals surface area contributed by atoms with Crippen LogP contribution in [0, 0.1) is 0 Å². The molecule has 0 aliphatic carbocycles. The SMILES string of the molecule is O=C1OC(c2ccccc2)CN1C1CCN(C(=S)NCCN2CCOCC2)CC1. The third kappa shape index (κ3) is 5.18. The van der Waals surface area contributed by atoms with Crippen molar-refractivity contribution in [1.82, 2.24) is 20.0 Å². The summed E-state index contributed by atoms with van der Waals surface area (Å²) in [4.78, 5) is 18.9. The number of hydrogen-bond acceptors (Lipinski definition) is 5. The summed E-state index contributed by atoms with van der Waals surface area (Å²) in [5, 5.41) is 4.21. The van der Waals surface area contributed by atoms with Gasteiger partial charge in [-0.3, -0.25) is 4.90 Å². The van der Waals surface area contributed by atoms with Gasteiger partial charge in [-0.05, 0) is 30.6 Å². The molecule has 0 saturated carbocycles. The van der Waals surface area contributed by atoms with Gasteiger partial charge < -0.3 is 24.6 Å². The molecule has 7 nitrogen and oxygen atoms in total. The molecular weight excluding hydrogens is 388 g/mol. The summed E-state index contributed by atoms with van der Waals surface area (Å²) < 4.78 is 11.0. The fourth-order valence-corrected chi connectivity index (χ4v) is 4.54. The first-order valence-corrected chi connectivity index (χ1v) is 11.0. The van der Waals surface area contributed by atoms with E-state index in [1.165, 1.54) is 0 Å². The van der Waals surface area contributed by atoms with Gasteiger partial charge >= 0.3 is 6.09 Å². The van der Waals surface area contributed by atoms with Crippen molar-refractivity contribution < 1.29 is 14.3 Å². The lowest BCUT2D eigenvalue weighted by Crippen LogP contribution is -2.50. The predicted octanol–water partition coefficient (Wildman–Crippen LogP) is 1.85. The highest BCUT2D eigenvalue weighted by atomic mass is 32.1. The number of benzene rings is 1. The summed E-state index contributed by atoms with van der Waals surface area (Å²) in [6.07, 6.45) is 1.48. The second-order valence-electron chi connectivity index (χ2n) is 7.84. The topological polar surface area (TPSA) is 57.3 Å². The molecule has 1 atom stereocenters. The minimum Gasteiger partial charge on any atom is -0.439 e. The van der Waals surface area contributed by atoms with Crippen molar-refractivity contribution in [3.8, 4) is 0 Å². The zero-order chi connectivity index (χ0) is 20.1. The highest BCUT2D eigenvalue weighted by Crippen LogP contribution is 2.30. The molecule has 3 heterocycles. The van der Waals surface area contributed by atoms with E-state index in [0.717, 1.165) is 76.0 Å². The normalized spacial score (nSPS) is 23.9. The fourth-order valence-electron chi connectivity index (χ4n) is 4.26. The molecule has 1 aromatic carbocycles. The Balaban J connectivity index is 1.20. The van der Waals surface area contributed by atoms with E-state index in [1.54, 1.807) is 0 Å². The first-order chi connectivity index (χ1) is 14.2. The van der Waals surface area contributed by atoms with Crippen LogP contribution < -0.4 is 5.32 Å². The zero-order valence-corrected chi connectivity index (χ0v) is 17.6. The van der Waals surface area contributed by atoms with Gasteiger partial charge in [0, 0.05) is 45.3 Å². The van der Waals surface area contributed by atoms with Crippen molar-refractivity contribution >= 4 is 23.4 Å². The van der Waals surface area contributed by atoms with Gasteiger partial charge in [0.1, 0.15) is 6.10 Å². The van der Waals surface area contributed by atoms with Gasteiger partial charge in [0.25, 0.3) is 0 Å². The standard InChI is InChI=1S/C21H30N4O3S/c26-21-25(16-19(28-21)17-4-2-1-3-5-17)18-6-9-24(10-7-18)20(29)22-8-11-23-12-14-27-15-13-23/h1-5,18-19H,6-16H2,(H,22,29). The number of morpholine rings is 1. The first-order valence-electron chi connectivity index (χ1n) is 10.6. The van der Waals surface area contributed by atoms with E-state index in [0.29, 0.717) is 6.54 Å². The van der Waals surface area contributed by atoms with Gasteiger partial charge in [-0.1, -0.05) is 30.3 Å². The quantitative estimate of drug-likeness (QED) is 0.733. The molecule has 3 aliphatic rings. The lowest BCUT2D eigenvalue weighted by atomic mass is 10.0. The Labute approximate surface area is 177 Å². The molecule has 3 fully saturated rings. The van der Waals surface area contributed by atoms with Gasteiger partial charge in [-0.25, -0.2) is 4.79 Å². The number of likely N-dealkylation sites (tertiary alicyclic amines) is 1. The number of nitrogens with zero attached hydrogens (tertiary/aromatic N) is 3. The van der Waals surface area contributed by atoms with Crippen LogP contribution in [0.25, 0.3) is 0 Å². The van der Waals surface area contributed by atoms with Crippen LogP contribution in [0.5, 0.6) is 0 Å². The van der Waals surface area contributed by atoms with Crippen molar-refractivity contribution in [2.75, 3.05) is 59.0 Å². The van der Waals surface area contributed by atoms with Crippen molar-refractivity contribution in [2.24, 2.45) is 0 Å². The third-order valence-corrected chi connectivity index (χ3v) is 6.41. The average Bonchev–Trinajstić information content (AvgIpc) is 3.17. The summed E-state index contributed by atoms with van der Waals surface area (Å²) >= 11 is 5.59. The van der Waals surface area contributed by atoms with Crippen LogP contribution in [0.15, 0.2) is 30.3 Å². The maximum atomic E-state index is 12.4. The number of amides is 1. The summed E-state index contributed by atoms with van der Waals surface area (Å²) in [5.74, 6) is 0. The molecule has 158 valence electrons. The average molecular weight is 419 g/mol. The molecule has 29 heavy (non-hydrogen) atoms. The van der Waals surface area contributed by atoms with E-state index < -0.39 is 0 Å². The van der Waals surface area contributed by atoms with E-state index in [2.05, 4.69) is 15.1 Å². The van der Waals surface area contributed by atoms with E-state index in [1.807, 2.05) is 35.2 Å². The smallest absolute Gasteiger partial charge is 0.410 e. The second kappa shape index (κ2) is 9.73. The number of thiocarbonyl (C=S) groups is 1. The number of piperidine rings is 1. The number of nitrogens with one attached hydrogen (secondary N) is 1. The summed E-state index contributed by atoms with van der Waals surface area (Å²) in [7, 11) is 0. The monoisotopic (exact) mass is 418 g/mol. The lowest BCUT2D eigenvalue weighted by Gasteiger charge is -2.37. The second-order valence-corrected chi connectivity index (χ2v) is 8.23.